The first-order valence-electron chi connectivity index (χ1n) is 8.93. The maximum absolute atomic E-state index is 6.01. The van der Waals surface area contributed by atoms with Crippen LogP contribution in [0.2, 0.25) is 0 Å². The Balaban J connectivity index is 2.08. The minimum atomic E-state index is 0.671. The highest BCUT2D eigenvalue weighted by Crippen LogP contribution is 2.33. The van der Waals surface area contributed by atoms with Gasteiger partial charge in [0.25, 0.3) is 0 Å². The molecule has 0 radical (unpaired) electrons. The summed E-state index contributed by atoms with van der Waals surface area (Å²) in [4.78, 5) is 0. The zero-order chi connectivity index (χ0) is 18.5. The van der Waals surface area contributed by atoms with Crippen molar-refractivity contribution in [2.24, 2.45) is 0 Å². The zero-order valence-electron chi connectivity index (χ0n) is 15.9. The van der Waals surface area contributed by atoms with Gasteiger partial charge in [-0.3, -0.25) is 0 Å². The number of rotatable bonds is 2. The summed E-state index contributed by atoms with van der Waals surface area (Å²) in [5, 5.41) is 0. The van der Waals surface area contributed by atoms with Gasteiger partial charge in [0, 0.05) is 11.1 Å². The van der Waals surface area contributed by atoms with Crippen LogP contribution < -0.4 is 18.9 Å². The smallest absolute Gasteiger partial charge is 0.127 e. The van der Waals surface area contributed by atoms with Crippen molar-refractivity contribution >= 4 is 12.2 Å². The molecule has 0 amide bonds. The monoisotopic (exact) mass is 354 g/mol. The Bertz CT molecular complexity index is 741. The molecule has 0 aliphatic carbocycles. The van der Waals surface area contributed by atoms with E-state index >= 15 is 0 Å². The second-order valence-corrected chi connectivity index (χ2v) is 6.46. The zero-order valence-corrected chi connectivity index (χ0v) is 15.9. The standard InChI is InChI=1S/C22H26O4/c1-15-11-21-17(13-19(15)23-3)7-8-18-14-20(24-4)16(2)12-22(18)26-10-6-5-9-25-21/h7-8,11-14H,5-6,9-10H2,1-4H3/b8-7-. The third kappa shape index (κ3) is 3.96. The Morgan fingerprint density at radius 2 is 1.12 bits per heavy atom. The van der Waals surface area contributed by atoms with Crippen LogP contribution in [-0.2, 0) is 0 Å². The van der Waals surface area contributed by atoms with Gasteiger partial charge in [-0.2, -0.15) is 0 Å². The van der Waals surface area contributed by atoms with E-state index in [4.69, 9.17) is 18.9 Å². The summed E-state index contributed by atoms with van der Waals surface area (Å²) in [6, 6.07) is 8.10. The van der Waals surface area contributed by atoms with Crippen LogP contribution in [0.1, 0.15) is 35.1 Å². The van der Waals surface area contributed by atoms with Crippen molar-refractivity contribution in [2.45, 2.75) is 26.7 Å². The Labute approximate surface area is 155 Å². The second-order valence-electron chi connectivity index (χ2n) is 6.46. The molecule has 0 atom stereocenters. The van der Waals surface area contributed by atoms with Gasteiger partial charge in [-0.05, 0) is 62.1 Å². The summed E-state index contributed by atoms with van der Waals surface area (Å²) in [5.41, 5.74) is 4.09. The molecule has 3 rings (SSSR count). The summed E-state index contributed by atoms with van der Waals surface area (Å²) in [7, 11) is 3.37. The van der Waals surface area contributed by atoms with Crippen molar-refractivity contribution < 1.29 is 18.9 Å². The van der Waals surface area contributed by atoms with Crippen LogP contribution >= 0.6 is 0 Å². The van der Waals surface area contributed by atoms with Crippen LogP contribution in [0, 0.1) is 13.8 Å². The summed E-state index contributed by atoms with van der Waals surface area (Å²) in [6.45, 7) is 5.40. The third-order valence-corrected chi connectivity index (χ3v) is 4.55. The van der Waals surface area contributed by atoms with Gasteiger partial charge < -0.3 is 18.9 Å². The Hall–Kier alpha value is -2.62. The number of methoxy groups -OCH3 is 2. The molecule has 0 aromatic heterocycles. The molecule has 26 heavy (non-hydrogen) atoms. The molecule has 1 heterocycles. The highest BCUT2D eigenvalue weighted by atomic mass is 16.5. The maximum atomic E-state index is 6.01. The highest BCUT2D eigenvalue weighted by molar-refractivity contribution is 5.77. The van der Waals surface area contributed by atoms with E-state index in [1.54, 1.807) is 14.2 Å². The van der Waals surface area contributed by atoms with E-state index in [9.17, 15) is 0 Å². The normalized spacial score (nSPS) is 15.2. The lowest BCUT2D eigenvalue weighted by Crippen LogP contribution is -2.05. The Morgan fingerprint density at radius 1 is 0.692 bits per heavy atom. The van der Waals surface area contributed by atoms with E-state index in [1.165, 1.54) is 0 Å². The highest BCUT2D eigenvalue weighted by Gasteiger charge is 2.11. The number of hydrogen-bond donors (Lipinski definition) is 0. The van der Waals surface area contributed by atoms with Gasteiger partial charge in [-0.1, -0.05) is 12.2 Å². The molecule has 2 aromatic carbocycles. The van der Waals surface area contributed by atoms with Gasteiger partial charge in [0.15, 0.2) is 0 Å². The van der Waals surface area contributed by atoms with Crippen molar-refractivity contribution in [1.29, 1.82) is 0 Å². The number of ether oxygens (including phenoxy) is 4. The van der Waals surface area contributed by atoms with Gasteiger partial charge in [-0.25, -0.2) is 0 Å². The number of benzene rings is 2. The van der Waals surface area contributed by atoms with E-state index in [-0.39, 0.29) is 0 Å². The molecule has 4 nitrogen and oxygen atoms in total. The van der Waals surface area contributed by atoms with Crippen LogP contribution in [0.4, 0.5) is 0 Å². The quantitative estimate of drug-likeness (QED) is 0.757. The molecule has 138 valence electrons. The molecule has 1 aliphatic rings. The fourth-order valence-electron chi connectivity index (χ4n) is 3.05. The van der Waals surface area contributed by atoms with Crippen LogP contribution in [-0.4, -0.2) is 27.4 Å². The van der Waals surface area contributed by atoms with E-state index in [0.717, 1.165) is 58.1 Å². The predicted molar refractivity (Wildman–Crippen MR) is 105 cm³/mol. The minimum Gasteiger partial charge on any atom is -0.496 e. The lowest BCUT2D eigenvalue weighted by Gasteiger charge is -2.16. The predicted octanol–water partition coefficient (Wildman–Crippen LogP) is 5.04. The van der Waals surface area contributed by atoms with Gasteiger partial charge in [0.2, 0.25) is 0 Å². The SMILES string of the molecule is COc1cc2c(cc1C)OCCCCOc1cc(C)c(OC)cc1/C=C\2. The van der Waals surface area contributed by atoms with E-state index in [0.29, 0.717) is 13.2 Å². The first-order valence-corrected chi connectivity index (χ1v) is 8.93. The van der Waals surface area contributed by atoms with Crippen molar-refractivity contribution in [2.75, 3.05) is 27.4 Å². The summed E-state index contributed by atoms with van der Waals surface area (Å²) >= 11 is 0. The Kier molecular flexibility index (Phi) is 5.71. The first kappa shape index (κ1) is 18.2. The van der Waals surface area contributed by atoms with Gasteiger partial charge in [-0.15, -0.1) is 0 Å². The van der Waals surface area contributed by atoms with Crippen LogP contribution in [0.15, 0.2) is 24.3 Å². The molecule has 0 saturated carbocycles. The molecule has 0 bridgehead atoms. The first-order chi connectivity index (χ1) is 12.6. The van der Waals surface area contributed by atoms with Crippen LogP contribution in [0.5, 0.6) is 23.0 Å². The number of aryl methyl sites for hydroxylation is 2. The molecule has 0 spiro atoms. The van der Waals surface area contributed by atoms with Gasteiger partial charge >= 0.3 is 0 Å². The number of hydrogen-bond acceptors (Lipinski definition) is 4. The van der Waals surface area contributed by atoms with Crippen molar-refractivity contribution in [3.63, 3.8) is 0 Å². The minimum absolute atomic E-state index is 0.671. The molecule has 0 saturated heterocycles. The molecule has 0 N–H and O–H groups in total. The van der Waals surface area contributed by atoms with E-state index in [1.807, 2.05) is 50.3 Å². The topological polar surface area (TPSA) is 36.9 Å². The lowest BCUT2D eigenvalue weighted by atomic mass is 10.1. The second kappa shape index (κ2) is 8.17. The number of fused-ring (bicyclic) bond motifs is 2. The van der Waals surface area contributed by atoms with E-state index in [2.05, 4.69) is 0 Å². The van der Waals surface area contributed by atoms with Gasteiger partial charge in [0.1, 0.15) is 23.0 Å². The van der Waals surface area contributed by atoms with E-state index < -0.39 is 0 Å². The molecule has 1 aliphatic heterocycles. The molecule has 0 unspecified atom stereocenters. The summed E-state index contributed by atoms with van der Waals surface area (Å²) < 4.78 is 23.0. The molecule has 0 fully saturated rings. The van der Waals surface area contributed by atoms with Crippen molar-refractivity contribution in [1.82, 2.24) is 0 Å². The maximum Gasteiger partial charge on any atom is 0.127 e. The lowest BCUT2D eigenvalue weighted by molar-refractivity contribution is 0.265. The third-order valence-electron chi connectivity index (χ3n) is 4.55. The fourth-order valence-corrected chi connectivity index (χ4v) is 3.05. The molecular formula is C22H26O4. The van der Waals surface area contributed by atoms with Crippen molar-refractivity contribution in [3.05, 3.63) is 46.5 Å². The average molecular weight is 354 g/mol. The molecular weight excluding hydrogens is 328 g/mol. The molecule has 4 heteroatoms. The van der Waals surface area contributed by atoms with Crippen molar-refractivity contribution in [3.8, 4) is 23.0 Å². The van der Waals surface area contributed by atoms with Gasteiger partial charge in [0.05, 0.1) is 27.4 Å². The fraction of sp³-hybridized carbons (Fsp3) is 0.364. The summed E-state index contributed by atoms with van der Waals surface area (Å²) in [5.74, 6) is 3.45. The summed E-state index contributed by atoms with van der Waals surface area (Å²) in [6.07, 6.45) is 5.96. The van der Waals surface area contributed by atoms with Crippen LogP contribution in [0.3, 0.4) is 0 Å². The molecule has 2 aromatic rings. The average Bonchev–Trinajstić information content (AvgIpc) is 2.63. The largest absolute Gasteiger partial charge is 0.496 e. The Morgan fingerprint density at radius 3 is 1.50 bits per heavy atom. The van der Waals surface area contributed by atoms with Crippen LogP contribution in [0.25, 0.3) is 12.2 Å².